The van der Waals surface area contributed by atoms with Crippen LogP contribution in [0.1, 0.15) is 33.2 Å². The molecule has 1 aliphatic heterocycles. The van der Waals surface area contributed by atoms with Gasteiger partial charge in [0.05, 0.1) is 29.8 Å². The predicted molar refractivity (Wildman–Crippen MR) is 104 cm³/mol. The third-order valence-corrected chi connectivity index (χ3v) is 4.94. The first kappa shape index (κ1) is 18.9. The van der Waals surface area contributed by atoms with E-state index in [0.29, 0.717) is 18.8 Å². The monoisotopic (exact) mass is 396 g/mol. The number of aromatic nitrogens is 2. The number of ether oxygens (including phenoxy) is 1. The van der Waals surface area contributed by atoms with E-state index in [-0.39, 0.29) is 36.3 Å². The maximum atomic E-state index is 13.9. The second-order valence-corrected chi connectivity index (χ2v) is 6.88. The van der Waals surface area contributed by atoms with Crippen molar-refractivity contribution >= 4 is 5.91 Å². The predicted octanol–water partition coefficient (Wildman–Crippen LogP) is 2.38. The summed E-state index contributed by atoms with van der Waals surface area (Å²) in [5.41, 5.74) is 8.11. The van der Waals surface area contributed by atoms with E-state index >= 15 is 0 Å². The zero-order chi connectivity index (χ0) is 20.4. The minimum Gasteiger partial charge on any atom is -0.508 e. The lowest BCUT2D eigenvalue weighted by Crippen LogP contribution is -2.39. The maximum absolute atomic E-state index is 13.9. The molecule has 150 valence electrons. The number of aromatic hydroxyl groups is 1. The first-order valence-electron chi connectivity index (χ1n) is 9.29. The molecule has 2 heterocycles. The van der Waals surface area contributed by atoms with Crippen molar-refractivity contribution < 1.29 is 19.0 Å². The molecule has 4 rings (SSSR count). The molecular weight excluding hydrogens is 375 g/mol. The van der Waals surface area contributed by atoms with Crippen molar-refractivity contribution in [2.45, 2.75) is 12.5 Å². The number of hydrogen-bond acceptors (Lipinski definition) is 5. The SMILES string of the molecule is NCCOc1ccc(F)cc1C(=O)N1Cc2[nH]cnc2C(c2cccc(O)c2)C1. The van der Waals surface area contributed by atoms with Gasteiger partial charge in [0.1, 0.15) is 23.9 Å². The number of imidazole rings is 1. The van der Waals surface area contributed by atoms with Gasteiger partial charge in [-0.2, -0.15) is 0 Å². The van der Waals surface area contributed by atoms with Gasteiger partial charge in [-0.25, -0.2) is 9.37 Å². The molecule has 0 radical (unpaired) electrons. The van der Waals surface area contributed by atoms with Gasteiger partial charge in [0, 0.05) is 19.0 Å². The average Bonchev–Trinajstić information content (AvgIpc) is 3.20. The first-order valence-corrected chi connectivity index (χ1v) is 9.29. The van der Waals surface area contributed by atoms with Crippen LogP contribution in [0.25, 0.3) is 0 Å². The third-order valence-electron chi connectivity index (χ3n) is 4.94. The van der Waals surface area contributed by atoms with E-state index in [0.717, 1.165) is 17.0 Å². The van der Waals surface area contributed by atoms with Crippen molar-refractivity contribution in [2.75, 3.05) is 19.7 Å². The Labute approximate surface area is 166 Å². The van der Waals surface area contributed by atoms with Gasteiger partial charge in [-0.05, 0) is 35.9 Å². The molecule has 0 saturated heterocycles. The number of amides is 1. The molecule has 1 aliphatic rings. The average molecular weight is 396 g/mol. The lowest BCUT2D eigenvalue weighted by molar-refractivity contribution is 0.0717. The highest BCUT2D eigenvalue weighted by Crippen LogP contribution is 2.34. The molecule has 7 nitrogen and oxygen atoms in total. The van der Waals surface area contributed by atoms with E-state index in [9.17, 15) is 14.3 Å². The highest BCUT2D eigenvalue weighted by atomic mass is 19.1. The minimum atomic E-state index is -0.516. The van der Waals surface area contributed by atoms with Gasteiger partial charge in [0.25, 0.3) is 5.91 Å². The van der Waals surface area contributed by atoms with Crippen molar-refractivity contribution in [3.8, 4) is 11.5 Å². The summed E-state index contributed by atoms with van der Waals surface area (Å²) >= 11 is 0. The topological polar surface area (TPSA) is 104 Å². The molecule has 4 N–H and O–H groups in total. The molecule has 3 aromatic rings. The summed E-state index contributed by atoms with van der Waals surface area (Å²) in [5, 5.41) is 9.87. The molecule has 29 heavy (non-hydrogen) atoms. The van der Waals surface area contributed by atoms with Gasteiger partial charge < -0.3 is 25.5 Å². The molecule has 2 aromatic carbocycles. The van der Waals surface area contributed by atoms with E-state index in [1.165, 1.54) is 18.2 Å². The van der Waals surface area contributed by atoms with Crippen LogP contribution in [0.15, 0.2) is 48.8 Å². The molecule has 8 heteroatoms. The van der Waals surface area contributed by atoms with Crippen LogP contribution >= 0.6 is 0 Å². The number of halogens is 1. The number of phenols is 1. The van der Waals surface area contributed by atoms with E-state index in [1.54, 1.807) is 29.4 Å². The molecule has 1 amide bonds. The number of aromatic amines is 1. The summed E-state index contributed by atoms with van der Waals surface area (Å²) < 4.78 is 19.4. The van der Waals surface area contributed by atoms with Crippen molar-refractivity contribution in [1.29, 1.82) is 0 Å². The van der Waals surface area contributed by atoms with Crippen LogP contribution in [0, 0.1) is 5.82 Å². The Morgan fingerprint density at radius 2 is 2.21 bits per heavy atom. The number of fused-ring (bicyclic) bond motifs is 1. The number of H-pyrrole nitrogens is 1. The van der Waals surface area contributed by atoms with Crippen LogP contribution in [0.4, 0.5) is 4.39 Å². The van der Waals surface area contributed by atoms with E-state index in [4.69, 9.17) is 10.5 Å². The fourth-order valence-corrected chi connectivity index (χ4v) is 3.61. The molecular formula is C21H21FN4O3. The van der Waals surface area contributed by atoms with Crippen LogP contribution in [-0.4, -0.2) is 45.6 Å². The van der Waals surface area contributed by atoms with Gasteiger partial charge in [0.2, 0.25) is 0 Å². The Morgan fingerprint density at radius 1 is 1.34 bits per heavy atom. The van der Waals surface area contributed by atoms with Gasteiger partial charge in [0.15, 0.2) is 0 Å². The van der Waals surface area contributed by atoms with Crippen molar-refractivity contribution in [3.05, 3.63) is 77.1 Å². The molecule has 0 bridgehead atoms. The fraction of sp³-hybridized carbons (Fsp3) is 0.238. The van der Waals surface area contributed by atoms with Crippen molar-refractivity contribution in [3.63, 3.8) is 0 Å². The summed E-state index contributed by atoms with van der Waals surface area (Å²) in [6.45, 7) is 1.16. The van der Waals surface area contributed by atoms with Crippen molar-refractivity contribution in [2.24, 2.45) is 5.73 Å². The number of rotatable bonds is 5. The Hall–Kier alpha value is -3.39. The molecule has 1 unspecified atom stereocenters. The number of nitrogens with zero attached hydrogens (tertiary/aromatic N) is 2. The number of phenolic OH excluding ortho intramolecular Hbond substituents is 1. The molecule has 1 aromatic heterocycles. The number of carbonyl (C=O) groups is 1. The van der Waals surface area contributed by atoms with Gasteiger partial charge in [-0.3, -0.25) is 4.79 Å². The Bertz CT molecular complexity index is 1040. The van der Waals surface area contributed by atoms with E-state index in [2.05, 4.69) is 9.97 Å². The number of benzene rings is 2. The van der Waals surface area contributed by atoms with E-state index in [1.807, 2.05) is 6.07 Å². The zero-order valence-corrected chi connectivity index (χ0v) is 15.6. The maximum Gasteiger partial charge on any atom is 0.258 e. The van der Waals surface area contributed by atoms with Gasteiger partial charge in [-0.15, -0.1) is 0 Å². The summed E-state index contributed by atoms with van der Waals surface area (Å²) in [6, 6.07) is 10.8. The summed E-state index contributed by atoms with van der Waals surface area (Å²) in [5.74, 6) is -0.640. The first-order chi connectivity index (χ1) is 14.1. The standard InChI is InChI=1S/C21H21FN4O3/c22-14-4-5-19(29-7-6-23)16(9-14)21(28)26-10-17(13-2-1-3-15(27)8-13)20-18(11-26)24-12-25-20/h1-5,8-9,12,17,27H,6-7,10-11,23H2,(H,24,25). The molecule has 0 spiro atoms. The fourth-order valence-electron chi connectivity index (χ4n) is 3.61. The second-order valence-electron chi connectivity index (χ2n) is 6.88. The lowest BCUT2D eigenvalue weighted by Gasteiger charge is -2.32. The van der Waals surface area contributed by atoms with Crippen LogP contribution in [0.3, 0.4) is 0 Å². The van der Waals surface area contributed by atoms with Gasteiger partial charge >= 0.3 is 0 Å². The molecule has 0 aliphatic carbocycles. The zero-order valence-electron chi connectivity index (χ0n) is 15.6. The molecule has 0 fully saturated rings. The number of nitrogens with one attached hydrogen (secondary N) is 1. The largest absolute Gasteiger partial charge is 0.508 e. The van der Waals surface area contributed by atoms with E-state index < -0.39 is 5.82 Å². The lowest BCUT2D eigenvalue weighted by atomic mass is 9.90. The summed E-state index contributed by atoms with van der Waals surface area (Å²) in [4.78, 5) is 22.4. The number of carbonyl (C=O) groups excluding carboxylic acids is 1. The smallest absolute Gasteiger partial charge is 0.258 e. The highest BCUT2D eigenvalue weighted by molar-refractivity contribution is 5.97. The Kier molecular flexibility index (Phi) is 5.18. The normalized spacial score (nSPS) is 15.8. The minimum absolute atomic E-state index is 0.144. The number of hydrogen-bond donors (Lipinski definition) is 3. The van der Waals surface area contributed by atoms with Crippen LogP contribution in [0.5, 0.6) is 11.5 Å². The second kappa shape index (κ2) is 7.92. The van der Waals surface area contributed by atoms with Crippen LogP contribution in [0.2, 0.25) is 0 Å². The highest BCUT2D eigenvalue weighted by Gasteiger charge is 2.33. The van der Waals surface area contributed by atoms with Crippen LogP contribution in [-0.2, 0) is 6.54 Å². The molecule has 1 atom stereocenters. The van der Waals surface area contributed by atoms with Gasteiger partial charge in [-0.1, -0.05) is 12.1 Å². The quantitative estimate of drug-likeness (QED) is 0.614. The third kappa shape index (κ3) is 3.79. The van der Waals surface area contributed by atoms with Crippen molar-refractivity contribution in [1.82, 2.24) is 14.9 Å². The molecule has 0 saturated carbocycles. The Balaban J connectivity index is 1.68. The number of nitrogens with two attached hydrogens (primary N) is 1. The van der Waals surface area contributed by atoms with Crippen LogP contribution < -0.4 is 10.5 Å². The Morgan fingerprint density at radius 3 is 3.00 bits per heavy atom. The summed E-state index contributed by atoms with van der Waals surface area (Å²) in [7, 11) is 0. The summed E-state index contributed by atoms with van der Waals surface area (Å²) in [6.07, 6.45) is 1.59.